The Hall–Kier alpha value is -2.11. The van der Waals surface area contributed by atoms with Gasteiger partial charge in [-0.15, -0.1) is 0 Å². The maximum Gasteiger partial charge on any atom is 0.252 e. The summed E-state index contributed by atoms with van der Waals surface area (Å²) in [7, 11) is 1.34. The van der Waals surface area contributed by atoms with Gasteiger partial charge in [-0.05, 0) is 32.0 Å². The van der Waals surface area contributed by atoms with Crippen molar-refractivity contribution >= 4 is 11.8 Å². The molecule has 1 atom stereocenters. The molecule has 0 bridgehead atoms. The number of amides is 2. The van der Waals surface area contributed by atoms with Crippen LogP contribution in [0.1, 0.15) is 24.2 Å². The average molecular weight is 268 g/mol. The summed E-state index contributed by atoms with van der Waals surface area (Å²) in [6.07, 6.45) is 0. The first-order chi connectivity index (χ1) is 8.99. The molecule has 1 aromatic carbocycles. The van der Waals surface area contributed by atoms with Gasteiger partial charge in [0.15, 0.2) is 11.6 Å². The standard InChI is InChI=1S/C13H17FN2O3/c1-4-15-12(17)8(2)16-13(18)9-5-6-11(19-3)10(14)7-9/h5-8H,4H2,1-3H3,(H,15,17)(H,16,18)/t8-/m1/s1. The van der Waals surface area contributed by atoms with Crippen molar-refractivity contribution in [2.24, 2.45) is 0 Å². The van der Waals surface area contributed by atoms with Crippen LogP contribution in [-0.4, -0.2) is 31.5 Å². The minimum Gasteiger partial charge on any atom is -0.494 e. The van der Waals surface area contributed by atoms with Gasteiger partial charge in [0.1, 0.15) is 6.04 Å². The van der Waals surface area contributed by atoms with E-state index in [0.29, 0.717) is 6.54 Å². The third kappa shape index (κ3) is 3.94. The minimum atomic E-state index is -0.683. The van der Waals surface area contributed by atoms with Crippen LogP contribution >= 0.6 is 0 Å². The summed E-state index contributed by atoms with van der Waals surface area (Å²) in [5.41, 5.74) is 0.134. The van der Waals surface area contributed by atoms with Crippen molar-refractivity contribution in [1.82, 2.24) is 10.6 Å². The molecule has 0 saturated heterocycles. The lowest BCUT2D eigenvalue weighted by atomic mass is 10.2. The summed E-state index contributed by atoms with van der Waals surface area (Å²) in [6, 6.07) is 3.18. The number of rotatable bonds is 5. The van der Waals surface area contributed by atoms with Crippen LogP contribution in [0.25, 0.3) is 0 Å². The zero-order chi connectivity index (χ0) is 14.4. The monoisotopic (exact) mass is 268 g/mol. The summed E-state index contributed by atoms with van der Waals surface area (Å²) >= 11 is 0. The van der Waals surface area contributed by atoms with E-state index in [4.69, 9.17) is 4.74 Å². The molecule has 0 unspecified atom stereocenters. The molecule has 104 valence electrons. The van der Waals surface area contributed by atoms with Crippen molar-refractivity contribution in [3.05, 3.63) is 29.6 Å². The van der Waals surface area contributed by atoms with Crippen molar-refractivity contribution in [1.29, 1.82) is 0 Å². The van der Waals surface area contributed by atoms with Crippen LogP contribution in [0.15, 0.2) is 18.2 Å². The van der Waals surface area contributed by atoms with Crippen LogP contribution in [0.3, 0.4) is 0 Å². The second-order valence-corrected chi connectivity index (χ2v) is 3.94. The van der Waals surface area contributed by atoms with Crippen LogP contribution in [0.2, 0.25) is 0 Å². The number of hydrogen-bond acceptors (Lipinski definition) is 3. The molecule has 6 heteroatoms. The second kappa shape index (κ2) is 6.72. The number of methoxy groups -OCH3 is 1. The summed E-state index contributed by atoms with van der Waals surface area (Å²) in [6.45, 7) is 3.82. The van der Waals surface area contributed by atoms with E-state index in [2.05, 4.69) is 10.6 Å². The normalized spacial score (nSPS) is 11.6. The Morgan fingerprint density at radius 2 is 2.11 bits per heavy atom. The van der Waals surface area contributed by atoms with E-state index in [1.165, 1.54) is 19.2 Å². The van der Waals surface area contributed by atoms with Gasteiger partial charge in [-0.1, -0.05) is 0 Å². The number of hydrogen-bond donors (Lipinski definition) is 2. The zero-order valence-electron chi connectivity index (χ0n) is 11.1. The van der Waals surface area contributed by atoms with Crippen molar-refractivity contribution in [2.45, 2.75) is 19.9 Å². The maximum atomic E-state index is 13.4. The highest BCUT2D eigenvalue weighted by molar-refractivity contribution is 5.97. The Morgan fingerprint density at radius 3 is 2.63 bits per heavy atom. The zero-order valence-corrected chi connectivity index (χ0v) is 11.1. The predicted octanol–water partition coefficient (Wildman–Crippen LogP) is 1.09. The Labute approximate surface area is 111 Å². The summed E-state index contributed by atoms with van der Waals surface area (Å²) in [5, 5.41) is 5.07. The van der Waals surface area contributed by atoms with E-state index in [1.807, 2.05) is 0 Å². The molecule has 5 nitrogen and oxygen atoms in total. The van der Waals surface area contributed by atoms with Crippen LogP contribution in [-0.2, 0) is 4.79 Å². The highest BCUT2D eigenvalue weighted by Gasteiger charge is 2.16. The Bertz CT molecular complexity index is 477. The molecule has 2 amide bonds. The predicted molar refractivity (Wildman–Crippen MR) is 68.6 cm³/mol. The SMILES string of the molecule is CCNC(=O)[C@@H](C)NC(=O)c1ccc(OC)c(F)c1. The molecule has 19 heavy (non-hydrogen) atoms. The number of nitrogens with one attached hydrogen (secondary N) is 2. The maximum absolute atomic E-state index is 13.4. The number of halogens is 1. The first kappa shape index (κ1) is 14.9. The highest BCUT2D eigenvalue weighted by atomic mass is 19.1. The first-order valence-corrected chi connectivity index (χ1v) is 5.91. The summed E-state index contributed by atoms with van der Waals surface area (Å²) in [4.78, 5) is 23.3. The molecule has 0 aromatic heterocycles. The lowest BCUT2D eigenvalue weighted by Gasteiger charge is -2.13. The van der Waals surface area contributed by atoms with Crippen LogP contribution in [0.5, 0.6) is 5.75 Å². The smallest absolute Gasteiger partial charge is 0.252 e. The molecule has 0 radical (unpaired) electrons. The van der Waals surface area contributed by atoms with Crippen molar-refractivity contribution in [3.8, 4) is 5.75 Å². The summed E-state index contributed by atoms with van der Waals surface area (Å²) in [5.74, 6) is -1.36. The number of carbonyl (C=O) groups is 2. The van der Waals surface area contributed by atoms with E-state index < -0.39 is 17.8 Å². The van der Waals surface area contributed by atoms with E-state index in [1.54, 1.807) is 13.8 Å². The van der Waals surface area contributed by atoms with E-state index in [-0.39, 0.29) is 17.2 Å². The third-order valence-corrected chi connectivity index (χ3v) is 2.51. The van der Waals surface area contributed by atoms with Gasteiger partial charge in [-0.2, -0.15) is 0 Å². The van der Waals surface area contributed by atoms with Gasteiger partial charge in [0.25, 0.3) is 5.91 Å². The molecule has 0 aliphatic carbocycles. The Morgan fingerprint density at radius 1 is 1.42 bits per heavy atom. The molecule has 0 heterocycles. The van der Waals surface area contributed by atoms with Gasteiger partial charge in [0.05, 0.1) is 7.11 Å². The topological polar surface area (TPSA) is 67.4 Å². The quantitative estimate of drug-likeness (QED) is 0.840. The van der Waals surface area contributed by atoms with Crippen LogP contribution in [0.4, 0.5) is 4.39 Å². The second-order valence-electron chi connectivity index (χ2n) is 3.94. The Kier molecular flexibility index (Phi) is 5.29. The highest BCUT2D eigenvalue weighted by Crippen LogP contribution is 2.17. The Balaban J connectivity index is 2.73. The molecule has 0 spiro atoms. The molecule has 0 saturated carbocycles. The van der Waals surface area contributed by atoms with Gasteiger partial charge in [-0.25, -0.2) is 4.39 Å². The van der Waals surface area contributed by atoms with Crippen LogP contribution in [0, 0.1) is 5.82 Å². The van der Waals surface area contributed by atoms with Crippen molar-refractivity contribution < 1.29 is 18.7 Å². The molecule has 0 fully saturated rings. The fourth-order valence-corrected chi connectivity index (χ4v) is 1.48. The van der Waals surface area contributed by atoms with Crippen LogP contribution < -0.4 is 15.4 Å². The van der Waals surface area contributed by atoms with Gasteiger partial charge in [0, 0.05) is 12.1 Å². The van der Waals surface area contributed by atoms with E-state index in [0.717, 1.165) is 6.07 Å². The molecular formula is C13H17FN2O3. The lowest BCUT2D eigenvalue weighted by Crippen LogP contribution is -2.44. The lowest BCUT2D eigenvalue weighted by molar-refractivity contribution is -0.122. The summed E-state index contributed by atoms with van der Waals surface area (Å²) < 4.78 is 18.2. The number of carbonyl (C=O) groups excluding carboxylic acids is 2. The average Bonchev–Trinajstić information content (AvgIpc) is 2.38. The van der Waals surface area contributed by atoms with Gasteiger partial charge in [-0.3, -0.25) is 9.59 Å². The third-order valence-electron chi connectivity index (χ3n) is 2.51. The molecule has 1 aromatic rings. The minimum absolute atomic E-state index is 0.0633. The van der Waals surface area contributed by atoms with Gasteiger partial charge >= 0.3 is 0 Å². The first-order valence-electron chi connectivity index (χ1n) is 5.91. The van der Waals surface area contributed by atoms with Gasteiger partial charge in [0.2, 0.25) is 5.91 Å². The van der Waals surface area contributed by atoms with Gasteiger partial charge < -0.3 is 15.4 Å². The molecule has 1 rings (SSSR count). The number of likely N-dealkylation sites (N-methyl/N-ethyl adjacent to an activating group) is 1. The number of ether oxygens (including phenoxy) is 1. The van der Waals surface area contributed by atoms with E-state index >= 15 is 0 Å². The van der Waals surface area contributed by atoms with Crippen molar-refractivity contribution in [3.63, 3.8) is 0 Å². The molecule has 0 aliphatic rings. The fourth-order valence-electron chi connectivity index (χ4n) is 1.48. The molecular weight excluding hydrogens is 251 g/mol. The number of benzene rings is 1. The molecule has 2 N–H and O–H groups in total. The van der Waals surface area contributed by atoms with Crippen molar-refractivity contribution in [2.75, 3.05) is 13.7 Å². The van der Waals surface area contributed by atoms with E-state index in [9.17, 15) is 14.0 Å². The largest absolute Gasteiger partial charge is 0.494 e. The molecule has 0 aliphatic heterocycles. The fraction of sp³-hybridized carbons (Fsp3) is 0.385.